The van der Waals surface area contributed by atoms with E-state index in [2.05, 4.69) is 6.58 Å². The second-order valence-corrected chi connectivity index (χ2v) is 7.09. The first-order valence-corrected chi connectivity index (χ1v) is 6.63. The minimum atomic E-state index is -1.15. The van der Waals surface area contributed by atoms with Gasteiger partial charge in [-0.3, -0.25) is 0 Å². The van der Waals surface area contributed by atoms with Gasteiger partial charge in [0, 0.05) is 44.1 Å². The van der Waals surface area contributed by atoms with Crippen LogP contribution in [0.2, 0.25) is 0 Å². The van der Waals surface area contributed by atoms with Gasteiger partial charge < -0.3 is 20.1 Å². The Morgan fingerprint density at radius 1 is 0.947 bits per heavy atom. The van der Waals surface area contributed by atoms with E-state index in [1.165, 1.54) is 0 Å². The SMILES string of the molecule is C=C(C)C(=O)OC12CC3(O)CC(O)(CC(O)(C3)C1)C2. The van der Waals surface area contributed by atoms with Gasteiger partial charge in [-0.05, 0) is 6.92 Å². The normalized spacial score (nSPS) is 51.2. The molecule has 0 unspecified atom stereocenters. The Hall–Kier alpha value is -0.910. The largest absolute Gasteiger partial charge is 0.455 e. The van der Waals surface area contributed by atoms with Crippen LogP contribution in [0.5, 0.6) is 0 Å². The standard InChI is InChI=1S/C14H20O5/c1-9(2)10(15)19-14-6-11(16)3-12(17,7-14)5-13(18,4-11)8-14/h16-18H,1,3-8H2,2H3. The summed E-state index contributed by atoms with van der Waals surface area (Å²) in [5, 5.41) is 31.5. The molecule has 4 aliphatic carbocycles. The van der Waals surface area contributed by atoms with Gasteiger partial charge in [0.25, 0.3) is 0 Å². The topological polar surface area (TPSA) is 87.0 Å². The molecule has 0 aromatic carbocycles. The fourth-order valence-corrected chi connectivity index (χ4v) is 4.78. The lowest BCUT2D eigenvalue weighted by molar-refractivity contribution is -0.300. The third-order valence-electron chi connectivity index (χ3n) is 4.59. The number of ether oxygens (including phenoxy) is 1. The van der Waals surface area contributed by atoms with Crippen molar-refractivity contribution < 1.29 is 24.9 Å². The number of hydrogen-bond donors (Lipinski definition) is 3. The molecule has 0 spiro atoms. The zero-order chi connectivity index (χ0) is 14.1. The molecule has 0 aromatic rings. The highest BCUT2D eigenvalue weighted by Gasteiger charge is 2.69. The highest BCUT2D eigenvalue weighted by atomic mass is 16.6. The Balaban J connectivity index is 1.95. The Morgan fingerprint density at radius 3 is 1.63 bits per heavy atom. The molecule has 4 bridgehead atoms. The molecule has 5 nitrogen and oxygen atoms in total. The summed E-state index contributed by atoms with van der Waals surface area (Å²) in [4.78, 5) is 11.8. The van der Waals surface area contributed by atoms with Gasteiger partial charge in [-0.25, -0.2) is 4.79 Å². The molecular formula is C14H20O5. The smallest absolute Gasteiger partial charge is 0.333 e. The molecule has 4 rings (SSSR count). The number of esters is 1. The predicted molar refractivity (Wildman–Crippen MR) is 66.2 cm³/mol. The quantitative estimate of drug-likeness (QED) is 0.499. The van der Waals surface area contributed by atoms with Gasteiger partial charge >= 0.3 is 5.97 Å². The summed E-state index contributed by atoms with van der Waals surface area (Å²) in [6.07, 6.45) is 1.58. The third kappa shape index (κ3) is 2.00. The summed E-state index contributed by atoms with van der Waals surface area (Å²) >= 11 is 0. The second-order valence-electron chi connectivity index (χ2n) is 7.09. The Bertz CT molecular complexity index is 415. The maximum Gasteiger partial charge on any atom is 0.333 e. The Labute approximate surface area is 111 Å². The van der Waals surface area contributed by atoms with E-state index in [4.69, 9.17) is 4.74 Å². The van der Waals surface area contributed by atoms with E-state index in [0.29, 0.717) is 0 Å². The molecule has 106 valence electrons. The predicted octanol–water partition coefficient (Wildman–Crippen LogP) is 0.419. The van der Waals surface area contributed by atoms with Crippen LogP contribution in [0.15, 0.2) is 12.2 Å². The summed E-state index contributed by atoms with van der Waals surface area (Å²) in [5.74, 6) is -0.530. The van der Waals surface area contributed by atoms with Gasteiger partial charge in [-0.1, -0.05) is 6.58 Å². The van der Waals surface area contributed by atoms with Crippen molar-refractivity contribution in [1.29, 1.82) is 0 Å². The Kier molecular flexibility index (Phi) is 2.34. The maximum atomic E-state index is 11.8. The molecule has 0 saturated heterocycles. The average Bonchev–Trinajstić information content (AvgIpc) is 2.07. The second kappa shape index (κ2) is 3.40. The van der Waals surface area contributed by atoms with Crippen molar-refractivity contribution in [2.24, 2.45) is 0 Å². The summed E-state index contributed by atoms with van der Waals surface area (Å²) in [6, 6.07) is 0. The molecule has 0 atom stereocenters. The highest BCUT2D eigenvalue weighted by Crippen LogP contribution is 2.62. The molecular weight excluding hydrogens is 248 g/mol. The molecule has 5 heteroatoms. The third-order valence-corrected chi connectivity index (χ3v) is 4.59. The fourth-order valence-electron chi connectivity index (χ4n) is 4.78. The lowest BCUT2D eigenvalue weighted by Gasteiger charge is -2.64. The van der Waals surface area contributed by atoms with Crippen LogP contribution in [0, 0.1) is 0 Å². The molecule has 3 N–H and O–H groups in total. The van der Waals surface area contributed by atoms with Gasteiger partial charge in [0.2, 0.25) is 0 Å². The minimum Gasteiger partial charge on any atom is -0.455 e. The lowest BCUT2D eigenvalue weighted by Crippen LogP contribution is -2.72. The van der Waals surface area contributed by atoms with Crippen molar-refractivity contribution in [2.45, 2.75) is 67.9 Å². The molecule has 4 saturated carbocycles. The lowest BCUT2D eigenvalue weighted by atomic mass is 9.48. The molecule has 0 radical (unpaired) electrons. The first-order valence-electron chi connectivity index (χ1n) is 6.63. The van der Waals surface area contributed by atoms with Crippen LogP contribution in [0.4, 0.5) is 0 Å². The number of rotatable bonds is 2. The van der Waals surface area contributed by atoms with Gasteiger partial charge in [-0.2, -0.15) is 0 Å². The van der Waals surface area contributed by atoms with Crippen LogP contribution in [0.25, 0.3) is 0 Å². The van der Waals surface area contributed by atoms with Crippen LogP contribution >= 0.6 is 0 Å². The molecule has 4 aliphatic rings. The molecule has 19 heavy (non-hydrogen) atoms. The molecule has 0 heterocycles. The van der Waals surface area contributed by atoms with E-state index in [9.17, 15) is 20.1 Å². The van der Waals surface area contributed by atoms with Crippen molar-refractivity contribution in [3.05, 3.63) is 12.2 Å². The van der Waals surface area contributed by atoms with Crippen molar-refractivity contribution >= 4 is 5.97 Å². The summed E-state index contributed by atoms with van der Waals surface area (Å²) in [7, 11) is 0. The van der Waals surface area contributed by atoms with Crippen molar-refractivity contribution in [3.8, 4) is 0 Å². The fraction of sp³-hybridized carbons (Fsp3) is 0.786. The molecule has 0 aliphatic heterocycles. The Morgan fingerprint density at radius 2 is 1.32 bits per heavy atom. The van der Waals surface area contributed by atoms with Crippen molar-refractivity contribution in [3.63, 3.8) is 0 Å². The van der Waals surface area contributed by atoms with Gasteiger partial charge in [0.05, 0.1) is 16.8 Å². The first kappa shape index (κ1) is 13.1. The zero-order valence-corrected chi connectivity index (χ0v) is 11.1. The van der Waals surface area contributed by atoms with Gasteiger partial charge in [0.1, 0.15) is 5.60 Å². The van der Waals surface area contributed by atoms with Crippen LogP contribution in [-0.2, 0) is 9.53 Å². The van der Waals surface area contributed by atoms with Crippen molar-refractivity contribution in [2.75, 3.05) is 0 Å². The first-order chi connectivity index (χ1) is 8.57. The van der Waals surface area contributed by atoms with Crippen LogP contribution in [-0.4, -0.2) is 43.7 Å². The molecule has 0 amide bonds. The maximum absolute atomic E-state index is 11.8. The van der Waals surface area contributed by atoms with E-state index in [-0.39, 0.29) is 44.1 Å². The van der Waals surface area contributed by atoms with Gasteiger partial charge in [-0.15, -0.1) is 0 Å². The van der Waals surface area contributed by atoms with Crippen LogP contribution in [0.3, 0.4) is 0 Å². The number of hydrogen-bond acceptors (Lipinski definition) is 5. The minimum absolute atomic E-state index is 0.245. The van der Waals surface area contributed by atoms with E-state index in [0.717, 1.165) is 0 Å². The summed E-state index contributed by atoms with van der Waals surface area (Å²) in [5.41, 5.74) is -4.13. The van der Waals surface area contributed by atoms with E-state index >= 15 is 0 Å². The number of carbonyl (C=O) groups is 1. The van der Waals surface area contributed by atoms with Crippen molar-refractivity contribution in [1.82, 2.24) is 0 Å². The molecule has 4 fully saturated rings. The van der Waals surface area contributed by atoms with Crippen LogP contribution < -0.4 is 0 Å². The number of carbonyl (C=O) groups excluding carboxylic acids is 1. The average molecular weight is 268 g/mol. The van der Waals surface area contributed by atoms with Crippen LogP contribution in [0.1, 0.15) is 45.4 Å². The van der Waals surface area contributed by atoms with E-state index < -0.39 is 28.4 Å². The molecule has 0 aromatic heterocycles. The summed E-state index contributed by atoms with van der Waals surface area (Å²) < 4.78 is 5.49. The number of aliphatic hydroxyl groups is 3. The highest BCUT2D eigenvalue weighted by molar-refractivity contribution is 5.87. The van der Waals surface area contributed by atoms with E-state index in [1.807, 2.05) is 0 Å². The summed E-state index contributed by atoms with van der Waals surface area (Å²) in [6.45, 7) is 5.10. The van der Waals surface area contributed by atoms with E-state index in [1.54, 1.807) is 6.92 Å². The monoisotopic (exact) mass is 268 g/mol. The van der Waals surface area contributed by atoms with Gasteiger partial charge in [0.15, 0.2) is 0 Å². The zero-order valence-electron chi connectivity index (χ0n) is 11.1.